The van der Waals surface area contributed by atoms with E-state index in [9.17, 15) is 9.59 Å². The van der Waals surface area contributed by atoms with Crippen LogP contribution in [0.2, 0.25) is 0 Å². The van der Waals surface area contributed by atoms with Gasteiger partial charge >= 0.3 is 5.97 Å². The third kappa shape index (κ3) is 3.06. The van der Waals surface area contributed by atoms with Gasteiger partial charge in [0.1, 0.15) is 0 Å². The Kier molecular flexibility index (Phi) is 5.14. The normalized spacial score (nSPS) is 18.3. The van der Waals surface area contributed by atoms with E-state index in [0.717, 1.165) is 27.5 Å². The minimum Gasteiger partial charge on any atom is -0.465 e. The number of imidazole rings is 1. The Bertz CT molecular complexity index is 1310. The number of nitrogens with one attached hydrogen (secondary N) is 1. The molecule has 0 saturated heterocycles. The molecule has 32 heavy (non-hydrogen) atoms. The molecule has 1 N–H and O–H groups in total. The maximum absolute atomic E-state index is 13.7. The first-order valence-corrected chi connectivity index (χ1v) is 10.7. The van der Waals surface area contributed by atoms with Crippen molar-refractivity contribution < 1.29 is 19.1 Å². The standard InChI is InChI=1S/C24H24N4O4/c1-3-32-23(30)20-21(16-14-25-17-9-5-4-8-15(16)17)28-19-11-7-6-10-18(19)26-24(28)27(22(20)29)12-13-31-2/h4-11,14,20-21,25H,3,12-13H2,1-2H3/t20-,21+/m0/s1. The van der Waals surface area contributed by atoms with Crippen LogP contribution in [0, 0.1) is 5.92 Å². The van der Waals surface area contributed by atoms with E-state index in [1.165, 1.54) is 4.90 Å². The number of carbonyl (C=O) groups excluding carboxylic acids is 2. The fraction of sp³-hybridized carbons (Fsp3) is 0.292. The highest BCUT2D eigenvalue weighted by Crippen LogP contribution is 2.43. The van der Waals surface area contributed by atoms with E-state index in [1.807, 2.05) is 59.3 Å². The predicted octanol–water partition coefficient (Wildman–Crippen LogP) is 3.28. The number of amides is 1. The van der Waals surface area contributed by atoms with Crippen LogP contribution < -0.4 is 4.90 Å². The van der Waals surface area contributed by atoms with E-state index in [4.69, 9.17) is 14.5 Å². The summed E-state index contributed by atoms with van der Waals surface area (Å²) in [6, 6.07) is 15.0. The quantitative estimate of drug-likeness (QED) is 0.373. The van der Waals surface area contributed by atoms with Crippen molar-refractivity contribution in [1.29, 1.82) is 0 Å². The number of aromatic amines is 1. The molecule has 1 aliphatic heterocycles. The molecule has 2 aromatic carbocycles. The highest BCUT2D eigenvalue weighted by Gasteiger charge is 2.48. The molecule has 1 amide bonds. The largest absolute Gasteiger partial charge is 0.465 e. The zero-order valence-corrected chi connectivity index (χ0v) is 17.9. The van der Waals surface area contributed by atoms with Crippen LogP contribution >= 0.6 is 0 Å². The first kappa shape index (κ1) is 20.3. The van der Waals surface area contributed by atoms with Crippen LogP contribution in [0.5, 0.6) is 0 Å². The van der Waals surface area contributed by atoms with Crippen LogP contribution in [-0.4, -0.2) is 53.3 Å². The van der Waals surface area contributed by atoms with Crippen molar-refractivity contribution in [2.24, 2.45) is 5.92 Å². The lowest BCUT2D eigenvalue weighted by Crippen LogP contribution is -2.51. The van der Waals surface area contributed by atoms with Gasteiger partial charge in [-0.3, -0.25) is 14.5 Å². The van der Waals surface area contributed by atoms with Crippen LogP contribution in [0.15, 0.2) is 54.7 Å². The molecule has 2 aromatic heterocycles. The molecule has 0 radical (unpaired) electrons. The smallest absolute Gasteiger partial charge is 0.321 e. The molecule has 0 unspecified atom stereocenters. The summed E-state index contributed by atoms with van der Waals surface area (Å²) in [5.74, 6) is -1.42. The lowest BCUT2D eigenvalue weighted by Gasteiger charge is -2.37. The van der Waals surface area contributed by atoms with Crippen molar-refractivity contribution in [2.45, 2.75) is 13.0 Å². The number of methoxy groups -OCH3 is 1. The SMILES string of the molecule is CCOC(=O)[C@@H]1C(=O)N(CCOC)c2nc3ccccc3n2[C@@H]1c1c[nH]c2ccccc12. The van der Waals surface area contributed by atoms with Crippen molar-refractivity contribution in [3.63, 3.8) is 0 Å². The average Bonchev–Trinajstić information content (AvgIpc) is 3.40. The number of anilines is 1. The third-order valence-corrected chi connectivity index (χ3v) is 5.94. The second kappa shape index (κ2) is 8.12. The number of hydrogen-bond donors (Lipinski definition) is 1. The van der Waals surface area contributed by atoms with E-state index in [-0.39, 0.29) is 19.1 Å². The van der Waals surface area contributed by atoms with Gasteiger partial charge in [0, 0.05) is 29.8 Å². The first-order valence-electron chi connectivity index (χ1n) is 10.7. The Morgan fingerprint density at radius 2 is 1.94 bits per heavy atom. The number of fused-ring (bicyclic) bond motifs is 4. The summed E-state index contributed by atoms with van der Waals surface area (Å²) in [6.45, 7) is 2.54. The maximum atomic E-state index is 13.7. The van der Waals surface area contributed by atoms with E-state index in [0.29, 0.717) is 12.6 Å². The average molecular weight is 432 g/mol. The lowest BCUT2D eigenvalue weighted by atomic mass is 9.89. The maximum Gasteiger partial charge on any atom is 0.321 e. The molecular weight excluding hydrogens is 408 g/mol. The summed E-state index contributed by atoms with van der Waals surface area (Å²) >= 11 is 0. The Morgan fingerprint density at radius 1 is 1.16 bits per heavy atom. The van der Waals surface area contributed by atoms with E-state index in [2.05, 4.69) is 4.98 Å². The van der Waals surface area contributed by atoms with Gasteiger partial charge in [-0.2, -0.15) is 0 Å². The summed E-state index contributed by atoms with van der Waals surface area (Å²) in [6.07, 6.45) is 1.87. The van der Waals surface area contributed by atoms with Crippen LogP contribution in [0.4, 0.5) is 5.95 Å². The summed E-state index contributed by atoms with van der Waals surface area (Å²) in [5, 5.41) is 0.952. The summed E-state index contributed by atoms with van der Waals surface area (Å²) < 4.78 is 12.6. The van der Waals surface area contributed by atoms with Gasteiger partial charge in [-0.1, -0.05) is 30.3 Å². The Morgan fingerprint density at radius 3 is 2.75 bits per heavy atom. The van der Waals surface area contributed by atoms with Gasteiger partial charge in [-0.25, -0.2) is 4.98 Å². The molecule has 4 aromatic rings. The van der Waals surface area contributed by atoms with Gasteiger partial charge in [0.2, 0.25) is 11.9 Å². The number of H-pyrrole nitrogens is 1. The van der Waals surface area contributed by atoms with Crippen LogP contribution in [0.25, 0.3) is 21.9 Å². The molecule has 0 bridgehead atoms. The molecule has 164 valence electrons. The van der Waals surface area contributed by atoms with Crippen molar-refractivity contribution >= 4 is 39.8 Å². The number of hydrogen-bond acceptors (Lipinski definition) is 5. The van der Waals surface area contributed by atoms with Gasteiger partial charge < -0.3 is 19.0 Å². The molecule has 0 aliphatic carbocycles. The van der Waals surface area contributed by atoms with E-state index >= 15 is 0 Å². The van der Waals surface area contributed by atoms with Gasteiger partial charge in [0.15, 0.2) is 5.92 Å². The van der Waals surface area contributed by atoms with Gasteiger partial charge in [0.25, 0.3) is 0 Å². The minimum atomic E-state index is -1.05. The number of esters is 1. The Labute approximate surface area is 184 Å². The fourth-order valence-corrected chi connectivity index (χ4v) is 4.56. The molecule has 5 rings (SSSR count). The first-order chi connectivity index (χ1) is 15.7. The molecule has 2 atom stereocenters. The van der Waals surface area contributed by atoms with Crippen LogP contribution in [-0.2, 0) is 19.1 Å². The summed E-state index contributed by atoms with van der Waals surface area (Å²) in [5.41, 5.74) is 3.39. The highest BCUT2D eigenvalue weighted by molar-refractivity contribution is 6.09. The van der Waals surface area contributed by atoms with Crippen molar-refractivity contribution in [1.82, 2.24) is 14.5 Å². The second-order valence-electron chi connectivity index (χ2n) is 7.72. The van der Waals surface area contributed by atoms with Crippen LogP contribution in [0.3, 0.4) is 0 Å². The highest BCUT2D eigenvalue weighted by atomic mass is 16.5. The number of carbonyl (C=O) groups is 2. The van der Waals surface area contributed by atoms with Gasteiger partial charge in [0.05, 0.1) is 36.8 Å². The molecule has 1 aliphatic rings. The number of para-hydroxylation sites is 3. The van der Waals surface area contributed by atoms with Gasteiger partial charge in [-0.05, 0) is 25.1 Å². The summed E-state index contributed by atoms with van der Waals surface area (Å²) in [7, 11) is 1.58. The number of ether oxygens (including phenoxy) is 2. The third-order valence-electron chi connectivity index (χ3n) is 5.94. The zero-order valence-electron chi connectivity index (χ0n) is 17.9. The minimum absolute atomic E-state index is 0.193. The molecular formula is C24H24N4O4. The zero-order chi connectivity index (χ0) is 22.2. The number of benzene rings is 2. The monoisotopic (exact) mass is 432 g/mol. The molecule has 8 heteroatoms. The van der Waals surface area contributed by atoms with E-state index in [1.54, 1.807) is 14.0 Å². The Balaban J connectivity index is 1.80. The van der Waals surface area contributed by atoms with E-state index < -0.39 is 17.9 Å². The molecule has 8 nitrogen and oxygen atoms in total. The number of nitrogens with zero attached hydrogens (tertiary/aromatic N) is 3. The molecule has 0 fully saturated rings. The lowest BCUT2D eigenvalue weighted by molar-refractivity contribution is -0.153. The molecule has 0 spiro atoms. The fourth-order valence-electron chi connectivity index (χ4n) is 4.56. The predicted molar refractivity (Wildman–Crippen MR) is 121 cm³/mol. The number of rotatable bonds is 6. The van der Waals surface area contributed by atoms with Crippen molar-refractivity contribution in [2.75, 3.05) is 31.8 Å². The van der Waals surface area contributed by atoms with Crippen molar-refractivity contribution in [3.8, 4) is 0 Å². The van der Waals surface area contributed by atoms with Crippen LogP contribution in [0.1, 0.15) is 18.5 Å². The Hall–Kier alpha value is -3.65. The van der Waals surface area contributed by atoms with Gasteiger partial charge in [-0.15, -0.1) is 0 Å². The van der Waals surface area contributed by atoms with Crippen molar-refractivity contribution in [3.05, 3.63) is 60.3 Å². The molecule has 0 saturated carbocycles. The summed E-state index contributed by atoms with van der Waals surface area (Å²) in [4.78, 5) is 36.5. The second-order valence-corrected chi connectivity index (χ2v) is 7.72. The topological polar surface area (TPSA) is 89.4 Å². The molecule has 3 heterocycles. The number of aromatic nitrogens is 3.